The lowest BCUT2D eigenvalue weighted by molar-refractivity contribution is -0.148. The van der Waals surface area contributed by atoms with Crippen molar-refractivity contribution in [2.24, 2.45) is 0 Å². The molecule has 23 heavy (non-hydrogen) atoms. The number of amides is 2. The van der Waals surface area contributed by atoms with Crippen LogP contribution >= 0.6 is 0 Å². The van der Waals surface area contributed by atoms with Gasteiger partial charge < -0.3 is 10.6 Å². The van der Waals surface area contributed by atoms with Crippen LogP contribution < -0.4 is 16.1 Å². The van der Waals surface area contributed by atoms with Crippen molar-refractivity contribution in [1.82, 2.24) is 20.4 Å². The van der Waals surface area contributed by atoms with Gasteiger partial charge in [-0.05, 0) is 20.8 Å². The molecule has 0 aromatic carbocycles. The second-order valence-corrected chi connectivity index (χ2v) is 8.43. The molecule has 10 heteroatoms. The van der Waals surface area contributed by atoms with Crippen LogP contribution in [0.2, 0.25) is 0 Å². The molecular weight excluding hydrogens is 324 g/mol. The Kier molecular flexibility index (Phi) is 6.93. The zero-order valence-corrected chi connectivity index (χ0v) is 14.8. The summed E-state index contributed by atoms with van der Waals surface area (Å²) >= 11 is 0. The quantitative estimate of drug-likeness (QED) is 0.506. The van der Waals surface area contributed by atoms with Crippen molar-refractivity contribution in [3.05, 3.63) is 0 Å². The Balaban J connectivity index is 2.56. The Morgan fingerprint density at radius 2 is 2.00 bits per heavy atom. The standard InChI is InChI=1S/C13H26N4O5S/c1-10(18)14-6-8-23(20,21)17-7-5-15-11(9-17)12(19)16-22-13(2,3)4/h11,15H,5-9H2,1-4H3,(H,14,18)(H,16,19)/t11-/m1/s1. The molecule has 0 unspecified atom stereocenters. The fraction of sp³-hybridized carbons (Fsp3) is 0.846. The van der Waals surface area contributed by atoms with E-state index in [2.05, 4.69) is 16.1 Å². The maximum absolute atomic E-state index is 12.2. The molecule has 3 N–H and O–H groups in total. The minimum atomic E-state index is -3.53. The first-order valence-electron chi connectivity index (χ1n) is 7.45. The summed E-state index contributed by atoms with van der Waals surface area (Å²) in [6.45, 7) is 7.43. The third kappa shape index (κ3) is 7.25. The number of nitrogens with one attached hydrogen (secondary N) is 3. The van der Waals surface area contributed by atoms with Crippen molar-refractivity contribution in [2.75, 3.05) is 31.9 Å². The SMILES string of the molecule is CC(=O)NCCS(=O)(=O)N1CCN[C@@H](C(=O)NOC(C)(C)C)C1. The highest BCUT2D eigenvalue weighted by atomic mass is 32.2. The van der Waals surface area contributed by atoms with Crippen LogP contribution in [0.3, 0.4) is 0 Å². The van der Waals surface area contributed by atoms with E-state index < -0.39 is 27.6 Å². The summed E-state index contributed by atoms with van der Waals surface area (Å²) in [6.07, 6.45) is 0. The van der Waals surface area contributed by atoms with Crippen LogP contribution in [0.5, 0.6) is 0 Å². The molecule has 1 atom stereocenters. The summed E-state index contributed by atoms with van der Waals surface area (Å²) in [5.74, 6) is -0.891. The van der Waals surface area contributed by atoms with Crippen molar-refractivity contribution >= 4 is 21.8 Å². The van der Waals surface area contributed by atoms with Gasteiger partial charge in [0.15, 0.2) is 0 Å². The normalized spacial score (nSPS) is 20.1. The van der Waals surface area contributed by atoms with Crippen molar-refractivity contribution in [1.29, 1.82) is 0 Å². The van der Waals surface area contributed by atoms with Crippen molar-refractivity contribution in [3.8, 4) is 0 Å². The molecule has 1 rings (SSSR count). The minimum absolute atomic E-state index is 0.0295. The van der Waals surface area contributed by atoms with E-state index in [4.69, 9.17) is 4.84 Å². The fourth-order valence-electron chi connectivity index (χ4n) is 1.91. The zero-order chi connectivity index (χ0) is 17.7. The van der Waals surface area contributed by atoms with Crippen molar-refractivity contribution in [3.63, 3.8) is 0 Å². The molecular formula is C13H26N4O5S. The van der Waals surface area contributed by atoms with Crippen molar-refractivity contribution in [2.45, 2.75) is 39.3 Å². The molecule has 0 saturated carbocycles. The van der Waals surface area contributed by atoms with Crippen LogP contribution in [-0.4, -0.2) is 68.1 Å². The molecule has 1 aliphatic rings. The van der Waals surface area contributed by atoms with Gasteiger partial charge in [-0.15, -0.1) is 0 Å². The van der Waals surface area contributed by atoms with E-state index in [-0.39, 0.29) is 31.3 Å². The van der Waals surface area contributed by atoms with Gasteiger partial charge in [-0.2, -0.15) is 4.31 Å². The summed E-state index contributed by atoms with van der Waals surface area (Å²) < 4.78 is 25.7. The van der Waals surface area contributed by atoms with Gasteiger partial charge in [0.2, 0.25) is 15.9 Å². The van der Waals surface area contributed by atoms with E-state index in [0.29, 0.717) is 6.54 Å². The van der Waals surface area contributed by atoms with E-state index in [1.54, 1.807) is 20.8 Å². The fourth-order valence-corrected chi connectivity index (χ4v) is 3.27. The Hall–Kier alpha value is -1.23. The van der Waals surface area contributed by atoms with Gasteiger partial charge in [0.25, 0.3) is 5.91 Å². The largest absolute Gasteiger partial charge is 0.355 e. The monoisotopic (exact) mass is 350 g/mol. The zero-order valence-electron chi connectivity index (χ0n) is 14.0. The molecule has 0 aromatic rings. The third-order valence-electron chi connectivity index (χ3n) is 3.04. The molecule has 1 fully saturated rings. The van der Waals surface area contributed by atoms with Gasteiger partial charge in [-0.25, -0.2) is 13.9 Å². The lowest BCUT2D eigenvalue weighted by atomic mass is 10.2. The molecule has 1 heterocycles. The molecule has 0 spiro atoms. The van der Waals surface area contributed by atoms with Crippen LogP contribution in [0, 0.1) is 0 Å². The first kappa shape index (κ1) is 19.8. The van der Waals surface area contributed by atoms with Crippen LogP contribution in [0.15, 0.2) is 0 Å². The lowest BCUT2D eigenvalue weighted by Gasteiger charge is -2.32. The third-order valence-corrected chi connectivity index (χ3v) is 4.88. The number of hydroxylamine groups is 1. The maximum Gasteiger partial charge on any atom is 0.262 e. The molecule has 0 aliphatic carbocycles. The number of hydrogen-bond acceptors (Lipinski definition) is 6. The van der Waals surface area contributed by atoms with Crippen molar-refractivity contribution < 1.29 is 22.8 Å². The summed E-state index contributed by atoms with van der Waals surface area (Å²) in [7, 11) is -3.53. The molecule has 134 valence electrons. The van der Waals surface area contributed by atoms with E-state index >= 15 is 0 Å². The maximum atomic E-state index is 12.2. The Morgan fingerprint density at radius 1 is 1.35 bits per heavy atom. The second-order valence-electron chi connectivity index (χ2n) is 6.34. The number of sulfonamides is 1. The topological polar surface area (TPSA) is 117 Å². The lowest BCUT2D eigenvalue weighted by Crippen LogP contribution is -2.59. The highest BCUT2D eigenvalue weighted by Crippen LogP contribution is 2.08. The average Bonchev–Trinajstić information content (AvgIpc) is 2.43. The number of rotatable bonds is 6. The predicted molar refractivity (Wildman–Crippen MR) is 84.8 cm³/mol. The number of carbonyl (C=O) groups is 2. The van der Waals surface area contributed by atoms with Gasteiger partial charge in [0.05, 0.1) is 11.4 Å². The van der Waals surface area contributed by atoms with Gasteiger partial charge in [-0.3, -0.25) is 14.4 Å². The molecule has 0 aromatic heterocycles. The Bertz CT molecular complexity index is 529. The van der Waals surface area contributed by atoms with E-state index in [0.717, 1.165) is 0 Å². The highest BCUT2D eigenvalue weighted by Gasteiger charge is 2.32. The summed E-state index contributed by atoms with van der Waals surface area (Å²) in [5, 5.41) is 5.42. The van der Waals surface area contributed by atoms with E-state index in [9.17, 15) is 18.0 Å². The van der Waals surface area contributed by atoms with E-state index in [1.165, 1.54) is 11.2 Å². The van der Waals surface area contributed by atoms with Crippen LogP contribution in [0.4, 0.5) is 0 Å². The molecule has 2 amide bonds. The number of hydrogen-bond donors (Lipinski definition) is 3. The van der Waals surface area contributed by atoms with Crippen LogP contribution in [-0.2, 0) is 24.4 Å². The minimum Gasteiger partial charge on any atom is -0.355 e. The molecule has 1 saturated heterocycles. The summed E-state index contributed by atoms with van der Waals surface area (Å²) in [4.78, 5) is 28.0. The molecule has 0 bridgehead atoms. The summed E-state index contributed by atoms with van der Waals surface area (Å²) in [6, 6.07) is -0.679. The van der Waals surface area contributed by atoms with Gasteiger partial charge in [0.1, 0.15) is 6.04 Å². The number of piperazine rings is 1. The second kappa shape index (κ2) is 8.04. The van der Waals surface area contributed by atoms with E-state index in [1.807, 2.05) is 0 Å². The molecule has 9 nitrogen and oxygen atoms in total. The first-order valence-corrected chi connectivity index (χ1v) is 9.06. The smallest absolute Gasteiger partial charge is 0.262 e. The molecule has 1 aliphatic heterocycles. The number of nitrogens with zero attached hydrogens (tertiary/aromatic N) is 1. The Morgan fingerprint density at radius 3 is 2.57 bits per heavy atom. The van der Waals surface area contributed by atoms with Crippen LogP contribution in [0.25, 0.3) is 0 Å². The van der Waals surface area contributed by atoms with Gasteiger partial charge in [-0.1, -0.05) is 0 Å². The average molecular weight is 350 g/mol. The number of carbonyl (C=O) groups excluding carboxylic acids is 2. The summed E-state index contributed by atoms with van der Waals surface area (Å²) in [5.41, 5.74) is 1.81. The predicted octanol–water partition coefficient (Wildman–Crippen LogP) is -1.43. The van der Waals surface area contributed by atoms with Gasteiger partial charge in [0, 0.05) is 33.1 Å². The van der Waals surface area contributed by atoms with Gasteiger partial charge >= 0.3 is 0 Å². The first-order chi connectivity index (χ1) is 10.5. The highest BCUT2D eigenvalue weighted by molar-refractivity contribution is 7.89. The van der Waals surface area contributed by atoms with Crippen LogP contribution in [0.1, 0.15) is 27.7 Å². The Labute approximate surface area is 137 Å². The molecule has 0 radical (unpaired) electrons.